The predicted molar refractivity (Wildman–Crippen MR) is 126 cm³/mol. The molecule has 0 fully saturated rings. The van der Waals surface area contributed by atoms with Crippen LogP contribution in [-0.4, -0.2) is 54.6 Å². The van der Waals surface area contributed by atoms with Crippen molar-refractivity contribution < 1.29 is 13.2 Å². The van der Waals surface area contributed by atoms with Gasteiger partial charge < -0.3 is 9.88 Å². The highest BCUT2D eigenvalue weighted by Gasteiger charge is 2.19. The molecule has 2 aromatic carbocycles. The highest BCUT2D eigenvalue weighted by Crippen LogP contribution is 2.22. The summed E-state index contributed by atoms with van der Waals surface area (Å²) in [5, 5.41) is 2.95. The number of rotatable bonds is 10. The molecule has 7 nitrogen and oxygen atoms in total. The van der Waals surface area contributed by atoms with Crippen molar-refractivity contribution >= 4 is 38.7 Å². The molecule has 0 spiro atoms. The SMILES string of the molecule is CN(C)S(=O)(=O)c1ccc2c(c1)nc(CCC(=O)NCCSCc1ccccc1)n2C. The van der Waals surface area contributed by atoms with Crippen LogP contribution in [0.4, 0.5) is 0 Å². The standard InChI is InChI=1S/C22H28N4O3S2/c1-25(2)31(28,29)18-9-10-20-19(15-18)24-21(26(20)3)11-12-22(27)23-13-14-30-16-17-7-5-4-6-8-17/h4-10,15H,11-14,16H2,1-3H3,(H,23,27). The molecule has 1 aromatic heterocycles. The van der Waals surface area contributed by atoms with Crippen LogP contribution in [0.5, 0.6) is 0 Å². The molecule has 0 bridgehead atoms. The van der Waals surface area contributed by atoms with Crippen molar-refractivity contribution in [3.05, 3.63) is 59.9 Å². The summed E-state index contributed by atoms with van der Waals surface area (Å²) in [5.74, 6) is 2.53. The number of fused-ring (bicyclic) bond motifs is 1. The molecule has 1 N–H and O–H groups in total. The first-order valence-electron chi connectivity index (χ1n) is 10.1. The summed E-state index contributed by atoms with van der Waals surface area (Å²) < 4.78 is 27.8. The number of aryl methyl sites for hydroxylation is 2. The van der Waals surface area contributed by atoms with Gasteiger partial charge >= 0.3 is 0 Å². The van der Waals surface area contributed by atoms with Crippen molar-refractivity contribution in [3.8, 4) is 0 Å². The quantitative estimate of drug-likeness (QED) is 0.471. The highest BCUT2D eigenvalue weighted by atomic mass is 32.2. The summed E-state index contributed by atoms with van der Waals surface area (Å²) >= 11 is 1.79. The minimum absolute atomic E-state index is 0.0109. The lowest BCUT2D eigenvalue weighted by molar-refractivity contribution is -0.120. The van der Waals surface area contributed by atoms with Gasteiger partial charge in [-0.1, -0.05) is 30.3 Å². The fourth-order valence-corrected chi connectivity index (χ4v) is 4.91. The summed E-state index contributed by atoms with van der Waals surface area (Å²) in [6.07, 6.45) is 0.827. The number of carbonyl (C=O) groups excluding carboxylic acids is 1. The van der Waals surface area contributed by atoms with Crippen LogP contribution in [0.15, 0.2) is 53.4 Å². The van der Waals surface area contributed by atoms with Gasteiger partial charge in [-0.2, -0.15) is 11.8 Å². The van der Waals surface area contributed by atoms with E-state index in [9.17, 15) is 13.2 Å². The Labute approximate surface area is 187 Å². The summed E-state index contributed by atoms with van der Waals surface area (Å²) in [4.78, 5) is 17.0. The molecule has 0 aliphatic carbocycles. The second-order valence-electron chi connectivity index (χ2n) is 7.41. The molecule has 166 valence electrons. The average molecular weight is 461 g/mol. The molecule has 0 aliphatic heterocycles. The normalized spacial score (nSPS) is 11.9. The highest BCUT2D eigenvalue weighted by molar-refractivity contribution is 7.98. The van der Waals surface area contributed by atoms with Crippen LogP contribution in [0.1, 0.15) is 17.8 Å². The van der Waals surface area contributed by atoms with Gasteiger partial charge in [0.05, 0.1) is 15.9 Å². The Hall–Kier alpha value is -2.36. The van der Waals surface area contributed by atoms with Crippen LogP contribution in [0.3, 0.4) is 0 Å². The van der Waals surface area contributed by atoms with E-state index in [4.69, 9.17) is 0 Å². The third-order valence-corrected chi connectivity index (χ3v) is 7.82. The minimum atomic E-state index is -3.51. The van der Waals surface area contributed by atoms with Crippen molar-refractivity contribution in [2.24, 2.45) is 7.05 Å². The summed E-state index contributed by atoms with van der Waals surface area (Å²) in [6, 6.07) is 15.2. The fraction of sp³-hybridized carbons (Fsp3) is 0.364. The van der Waals surface area contributed by atoms with Gasteiger partial charge in [0.15, 0.2) is 0 Å². The number of amides is 1. The van der Waals surface area contributed by atoms with Crippen LogP contribution in [-0.2, 0) is 34.0 Å². The Bertz CT molecular complexity index is 1140. The number of imidazole rings is 1. The van der Waals surface area contributed by atoms with Crippen LogP contribution < -0.4 is 5.32 Å². The topological polar surface area (TPSA) is 84.3 Å². The van der Waals surface area contributed by atoms with Gasteiger partial charge in [-0.15, -0.1) is 0 Å². The third-order valence-electron chi connectivity index (χ3n) is 4.98. The maximum atomic E-state index is 12.3. The molecule has 9 heteroatoms. The van der Waals surface area contributed by atoms with E-state index < -0.39 is 10.0 Å². The van der Waals surface area contributed by atoms with Crippen molar-refractivity contribution in [2.45, 2.75) is 23.5 Å². The van der Waals surface area contributed by atoms with Gasteiger partial charge in [-0.3, -0.25) is 4.79 Å². The second kappa shape index (κ2) is 10.3. The Balaban J connectivity index is 1.51. The predicted octanol–water partition coefficient (Wildman–Crippen LogP) is 2.81. The molecule has 1 amide bonds. The zero-order chi connectivity index (χ0) is 22.4. The van der Waals surface area contributed by atoms with Crippen LogP contribution in [0, 0.1) is 0 Å². The van der Waals surface area contributed by atoms with Crippen LogP contribution >= 0.6 is 11.8 Å². The summed E-state index contributed by atoms with van der Waals surface area (Å²) in [7, 11) is 1.37. The molecule has 31 heavy (non-hydrogen) atoms. The molecule has 0 atom stereocenters. The number of nitrogens with zero attached hydrogens (tertiary/aromatic N) is 3. The lowest BCUT2D eigenvalue weighted by Gasteiger charge is -2.10. The number of nitrogens with one attached hydrogen (secondary N) is 1. The summed E-state index contributed by atoms with van der Waals surface area (Å²) in [6.45, 7) is 0.630. The first-order chi connectivity index (χ1) is 14.8. The van der Waals surface area contributed by atoms with Crippen LogP contribution in [0.25, 0.3) is 11.0 Å². The molecular weight excluding hydrogens is 432 g/mol. The maximum absolute atomic E-state index is 12.3. The van der Waals surface area contributed by atoms with Crippen molar-refractivity contribution in [1.29, 1.82) is 0 Å². The molecular formula is C22H28N4O3S2. The average Bonchev–Trinajstić information content (AvgIpc) is 3.07. The molecule has 1 heterocycles. The van der Waals surface area contributed by atoms with E-state index in [-0.39, 0.29) is 10.8 Å². The largest absolute Gasteiger partial charge is 0.355 e. The first-order valence-corrected chi connectivity index (χ1v) is 12.6. The van der Waals surface area contributed by atoms with Crippen molar-refractivity contribution in [2.75, 3.05) is 26.4 Å². The second-order valence-corrected chi connectivity index (χ2v) is 10.7. The molecule has 0 saturated heterocycles. The number of sulfonamides is 1. The zero-order valence-electron chi connectivity index (χ0n) is 18.0. The van der Waals surface area contributed by atoms with E-state index in [1.807, 2.05) is 29.8 Å². The first kappa shape index (κ1) is 23.3. The monoisotopic (exact) mass is 460 g/mol. The molecule has 0 radical (unpaired) electrons. The van der Waals surface area contributed by atoms with E-state index in [0.717, 1.165) is 22.8 Å². The minimum Gasteiger partial charge on any atom is -0.355 e. The lowest BCUT2D eigenvalue weighted by atomic mass is 10.2. The van der Waals surface area contributed by atoms with E-state index in [1.54, 1.807) is 30.0 Å². The third kappa shape index (κ3) is 5.87. The summed E-state index contributed by atoms with van der Waals surface area (Å²) in [5.41, 5.74) is 2.73. The smallest absolute Gasteiger partial charge is 0.242 e. The number of hydrogen-bond acceptors (Lipinski definition) is 5. The van der Waals surface area contributed by atoms with E-state index in [1.165, 1.54) is 24.0 Å². The van der Waals surface area contributed by atoms with Gasteiger partial charge in [0.2, 0.25) is 15.9 Å². The number of thioether (sulfide) groups is 1. The van der Waals surface area contributed by atoms with Crippen molar-refractivity contribution in [3.63, 3.8) is 0 Å². The van der Waals surface area contributed by atoms with Gasteiger partial charge in [-0.05, 0) is 23.8 Å². The Kier molecular flexibility index (Phi) is 7.74. The van der Waals surface area contributed by atoms with Crippen molar-refractivity contribution in [1.82, 2.24) is 19.2 Å². The van der Waals surface area contributed by atoms with Gasteiger partial charge in [0.1, 0.15) is 5.82 Å². The zero-order valence-corrected chi connectivity index (χ0v) is 19.7. The van der Waals surface area contributed by atoms with E-state index in [2.05, 4.69) is 22.4 Å². The van der Waals surface area contributed by atoms with Crippen LogP contribution in [0.2, 0.25) is 0 Å². The number of aromatic nitrogens is 2. The van der Waals surface area contributed by atoms with Gasteiger partial charge in [0.25, 0.3) is 0 Å². The number of benzene rings is 2. The Morgan fingerprint density at radius 3 is 2.61 bits per heavy atom. The Morgan fingerprint density at radius 1 is 1.16 bits per heavy atom. The molecule has 3 aromatic rings. The molecule has 0 unspecified atom stereocenters. The van der Waals surface area contributed by atoms with E-state index in [0.29, 0.717) is 24.9 Å². The van der Waals surface area contributed by atoms with Gasteiger partial charge in [-0.25, -0.2) is 17.7 Å². The number of hydrogen-bond donors (Lipinski definition) is 1. The van der Waals surface area contributed by atoms with E-state index >= 15 is 0 Å². The molecule has 0 saturated carbocycles. The maximum Gasteiger partial charge on any atom is 0.242 e. The molecule has 0 aliphatic rings. The molecule has 3 rings (SSSR count). The lowest BCUT2D eigenvalue weighted by Crippen LogP contribution is -2.26. The Morgan fingerprint density at radius 2 is 1.90 bits per heavy atom. The number of carbonyl (C=O) groups is 1. The fourth-order valence-electron chi connectivity index (χ4n) is 3.16. The van der Waals surface area contributed by atoms with Gasteiger partial charge in [0, 0.05) is 52.0 Å².